The maximum Gasteiger partial charge on any atom is 0.0541 e. The molecular formula is C48H32N2S. The number of rotatable bonds is 6. The van der Waals surface area contributed by atoms with Crippen LogP contribution >= 0.6 is 11.3 Å². The van der Waals surface area contributed by atoms with Gasteiger partial charge < -0.3 is 9.47 Å². The summed E-state index contributed by atoms with van der Waals surface area (Å²) < 4.78 is 4.99. The molecule has 10 aromatic rings. The molecule has 0 radical (unpaired) electrons. The van der Waals surface area contributed by atoms with E-state index in [4.69, 9.17) is 0 Å². The lowest BCUT2D eigenvalue weighted by molar-refractivity contribution is 1.18. The summed E-state index contributed by atoms with van der Waals surface area (Å²) in [5.74, 6) is 0. The Balaban J connectivity index is 1.12. The van der Waals surface area contributed by atoms with Gasteiger partial charge in [-0.25, -0.2) is 0 Å². The van der Waals surface area contributed by atoms with E-state index in [2.05, 4.69) is 204 Å². The lowest BCUT2D eigenvalue weighted by Gasteiger charge is -2.26. The van der Waals surface area contributed by atoms with E-state index < -0.39 is 0 Å². The number of thiophene rings is 1. The fraction of sp³-hybridized carbons (Fsp3) is 0. The van der Waals surface area contributed by atoms with Crippen LogP contribution < -0.4 is 4.90 Å². The zero-order chi connectivity index (χ0) is 33.7. The molecule has 0 amide bonds. The number of hydrogen-bond acceptors (Lipinski definition) is 2. The molecule has 0 aliphatic carbocycles. The Kier molecular flexibility index (Phi) is 7.04. The van der Waals surface area contributed by atoms with Crippen molar-refractivity contribution < 1.29 is 0 Å². The van der Waals surface area contributed by atoms with Crippen LogP contribution in [-0.4, -0.2) is 4.57 Å². The zero-order valence-corrected chi connectivity index (χ0v) is 28.6. The van der Waals surface area contributed by atoms with E-state index in [1.165, 1.54) is 64.2 Å². The van der Waals surface area contributed by atoms with Gasteiger partial charge in [-0.1, -0.05) is 127 Å². The molecule has 0 aliphatic heterocycles. The minimum atomic E-state index is 1.11. The van der Waals surface area contributed by atoms with Gasteiger partial charge in [0.2, 0.25) is 0 Å². The van der Waals surface area contributed by atoms with Crippen LogP contribution in [0.25, 0.3) is 69.9 Å². The van der Waals surface area contributed by atoms with Crippen molar-refractivity contribution in [2.24, 2.45) is 0 Å². The monoisotopic (exact) mass is 668 g/mol. The summed E-state index contributed by atoms with van der Waals surface area (Å²) in [5, 5.41) is 5.15. The summed E-state index contributed by atoms with van der Waals surface area (Å²) in [5.41, 5.74) is 11.7. The van der Waals surface area contributed by atoms with Crippen molar-refractivity contribution >= 4 is 70.4 Å². The second-order valence-corrected chi connectivity index (χ2v) is 14.1. The highest BCUT2D eigenvalue weighted by Crippen LogP contribution is 2.42. The number of para-hydroxylation sites is 2. The predicted molar refractivity (Wildman–Crippen MR) is 219 cm³/mol. The van der Waals surface area contributed by atoms with Crippen LogP contribution in [0.3, 0.4) is 0 Å². The number of benzene rings is 8. The van der Waals surface area contributed by atoms with E-state index in [9.17, 15) is 0 Å². The molecule has 0 unspecified atom stereocenters. The van der Waals surface area contributed by atoms with Crippen LogP contribution in [-0.2, 0) is 0 Å². The first-order valence-corrected chi connectivity index (χ1v) is 18.2. The standard InChI is InChI=1S/C48H32N2S/c1-2-13-33(14-3-1)34-15-10-18-37(29-34)49(40-27-28-44-43-23-6-9-26-47(43)51-48(44)32-40)38-19-11-16-35(30-38)36-17-12-20-39(31-36)50-45-24-7-4-21-41(45)42-22-5-8-25-46(42)50/h1-32H. The summed E-state index contributed by atoms with van der Waals surface area (Å²) in [7, 11) is 0. The number of hydrogen-bond donors (Lipinski definition) is 0. The summed E-state index contributed by atoms with van der Waals surface area (Å²) in [6.07, 6.45) is 0. The molecule has 2 heterocycles. The third kappa shape index (κ3) is 5.10. The summed E-state index contributed by atoms with van der Waals surface area (Å²) in [6, 6.07) is 70.4. The van der Waals surface area contributed by atoms with Gasteiger partial charge in [-0.05, 0) is 89.0 Å². The zero-order valence-electron chi connectivity index (χ0n) is 27.8. The molecule has 0 bridgehead atoms. The van der Waals surface area contributed by atoms with Gasteiger partial charge in [0, 0.05) is 53.7 Å². The highest BCUT2D eigenvalue weighted by molar-refractivity contribution is 7.25. The minimum absolute atomic E-state index is 1.11. The van der Waals surface area contributed by atoms with Crippen molar-refractivity contribution in [2.75, 3.05) is 4.90 Å². The Morgan fingerprint density at radius 2 is 0.843 bits per heavy atom. The fourth-order valence-corrected chi connectivity index (χ4v) is 8.74. The molecule has 0 N–H and O–H groups in total. The molecule has 2 nitrogen and oxygen atoms in total. The van der Waals surface area contributed by atoms with Crippen LogP contribution in [0.1, 0.15) is 0 Å². The molecule has 8 aromatic carbocycles. The van der Waals surface area contributed by atoms with Gasteiger partial charge in [-0.15, -0.1) is 11.3 Å². The number of aromatic nitrogens is 1. The number of anilines is 3. The van der Waals surface area contributed by atoms with E-state index in [1.54, 1.807) is 0 Å². The van der Waals surface area contributed by atoms with E-state index in [0.29, 0.717) is 0 Å². The highest BCUT2D eigenvalue weighted by Gasteiger charge is 2.17. The maximum absolute atomic E-state index is 2.40. The second-order valence-electron chi connectivity index (χ2n) is 13.0. The Morgan fingerprint density at radius 1 is 0.333 bits per heavy atom. The van der Waals surface area contributed by atoms with Crippen molar-refractivity contribution in [3.63, 3.8) is 0 Å². The minimum Gasteiger partial charge on any atom is -0.310 e. The Hall–Kier alpha value is -6.42. The summed E-state index contributed by atoms with van der Waals surface area (Å²) in [4.78, 5) is 2.40. The van der Waals surface area contributed by atoms with Gasteiger partial charge in [-0.3, -0.25) is 0 Å². The van der Waals surface area contributed by atoms with Crippen molar-refractivity contribution in [1.82, 2.24) is 4.57 Å². The molecule has 10 rings (SSSR count). The van der Waals surface area contributed by atoms with Crippen molar-refractivity contribution in [3.05, 3.63) is 194 Å². The number of nitrogens with zero attached hydrogens (tertiary/aromatic N) is 2. The van der Waals surface area contributed by atoms with Crippen LogP contribution in [0, 0.1) is 0 Å². The lowest BCUT2D eigenvalue weighted by Crippen LogP contribution is -2.10. The molecule has 240 valence electrons. The molecule has 0 fully saturated rings. The van der Waals surface area contributed by atoms with Crippen LogP contribution in [0.5, 0.6) is 0 Å². The Labute approximate surface area is 300 Å². The topological polar surface area (TPSA) is 8.17 Å². The van der Waals surface area contributed by atoms with Gasteiger partial charge in [-0.2, -0.15) is 0 Å². The molecule has 2 aromatic heterocycles. The smallest absolute Gasteiger partial charge is 0.0541 e. The average Bonchev–Trinajstić information content (AvgIpc) is 3.74. The SMILES string of the molecule is c1ccc(-c2cccc(N(c3cccc(-c4cccc(-n5c6ccccc6c6ccccc65)c4)c3)c3ccc4c(c3)sc3ccccc34)c2)cc1. The second kappa shape index (κ2) is 12.2. The maximum atomic E-state index is 2.40. The predicted octanol–water partition coefficient (Wildman–Crippen LogP) is 14.0. The average molecular weight is 669 g/mol. The van der Waals surface area contributed by atoms with E-state index in [0.717, 1.165) is 22.7 Å². The molecule has 0 saturated heterocycles. The third-order valence-electron chi connectivity index (χ3n) is 9.95. The van der Waals surface area contributed by atoms with Crippen LogP contribution in [0.15, 0.2) is 194 Å². The van der Waals surface area contributed by atoms with E-state index >= 15 is 0 Å². The number of fused-ring (bicyclic) bond motifs is 6. The quantitative estimate of drug-likeness (QED) is 0.171. The first-order valence-electron chi connectivity index (χ1n) is 17.3. The van der Waals surface area contributed by atoms with Crippen molar-refractivity contribution in [1.29, 1.82) is 0 Å². The Bertz CT molecular complexity index is 2830. The van der Waals surface area contributed by atoms with Gasteiger partial charge >= 0.3 is 0 Å². The van der Waals surface area contributed by atoms with Gasteiger partial charge in [0.25, 0.3) is 0 Å². The van der Waals surface area contributed by atoms with Crippen LogP contribution in [0.2, 0.25) is 0 Å². The van der Waals surface area contributed by atoms with E-state index in [-0.39, 0.29) is 0 Å². The molecule has 3 heteroatoms. The highest BCUT2D eigenvalue weighted by atomic mass is 32.1. The first-order chi connectivity index (χ1) is 25.3. The van der Waals surface area contributed by atoms with Crippen molar-refractivity contribution in [3.8, 4) is 27.9 Å². The largest absolute Gasteiger partial charge is 0.310 e. The molecule has 0 aliphatic rings. The fourth-order valence-electron chi connectivity index (χ4n) is 7.61. The summed E-state index contributed by atoms with van der Waals surface area (Å²) >= 11 is 1.86. The first kappa shape index (κ1) is 29.5. The molecule has 0 spiro atoms. The molecule has 0 saturated carbocycles. The van der Waals surface area contributed by atoms with Crippen LogP contribution in [0.4, 0.5) is 17.1 Å². The van der Waals surface area contributed by atoms with Gasteiger partial charge in [0.05, 0.1) is 11.0 Å². The van der Waals surface area contributed by atoms with Gasteiger partial charge in [0.1, 0.15) is 0 Å². The van der Waals surface area contributed by atoms with Gasteiger partial charge in [0.15, 0.2) is 0 Å². The van der Waals surface area contributed by atoms with E-state index in [1.807, 2.05) is 11.3 Å². The van der Waals surface area contributed by atoms with Crippen molar-refractivity contribution in [2.45, 2.75) is 0 Å². The molecule has 0 atom stereocenters. The normalized spacial score (nSPS) is 11.5. The molecular weight excluding hydrogens is 637 g/mol. The third-order valence-corrected chi connectivity index (χ3v) is 11.1. The Morgan fingerprint density at radius 3 is 1.55 bits per heavy atom. The lowest BCUT2D eigenvalue weighted by atomic mass is 10.0. The summed E-state index contributed by atoms with van der Waals surface area (Å²) in [6.45, 7) is 0. The molecule has 51 heavy (non-hydrogen) atoms.